The van der Waals surface area contributed by atoms with E-state index in [1.54, 1.807) is 32.9 Å². The van der Waals surface area contributed by atoms with Crippen LogP contribution in [0, 0.1) is 57.2 Å². The molecule has 6 fully saturated rings. The van der Waals surface area contributed by atoms with Crippen molar-refractivity contribution >= 4 is 97.9 Å². The number of fused-ring (bicyclic) bond motifs is 10. The van der Waals surface area contributed by atoms with Gasteiger partial charge < -0.3 is 50.0 Å². The van der Waals surface area contributed by atoms with Crippen LogP contribution in [0.25, 0.3) is 0 Å². The molecule has 65 heavy (non-hydrogen) atoms. The van der Waals surface area contributed by atoms with E-state index < -0.39 is 97.6 Å². The van der Waals surface area contributed by atoms with Gasteiger partial charge in [-0.2, -0.15) is 0 Å². The van der Waals surface area contributed by atoms with Gasteiger partial charge in [0.15, 0.2) is 28.8 Å². The molecule has 0 bridgehead atoms. The molecule has 8 aliphatic carbocycles. The van der Waals surface area contributed by atoms with Crippen molar-refractivity contribution in [3.05, 3.63) is 35.5 Å². The van der Waals surface area contributed by atoms with Gasteiger partial charge in [-0.15, -0.1) is 0 Å². The van der Waals surface area contributed by atoms with Gasteiger partial charge in [0.05, 0.1) is 12.2 Å². The van der Waals surface area contributed by atoms with E-state index in [1.165, 1.54) is 12.2 Å². The minimum atomic E-state index is -4.83. The number of rotatable bonds is 6. The van der Waals surface area contributed by atoms with Crippen molar-refractivity contribution in [1.29, 1.82) is 0 Å². The van der Waals surface area contributed by atoms with Gasteiger partial charge in [0.2, 0.25) is 0 Å². The monoisotopic (exact) mass is 980 g/mol. The summed E-state index contributed by atoms with van der Waals surface area (Å²) in [5, 5.41) is 54.6. The molecule has 15 atom stereocenters. The molecule has 10 N–H and O–H groups in total. The molecule has 0 amide bonds. The summed E-state index contributed by atoms with van der Waals surface area (Å²) in [4.78, 5) is 88.6. The number of phosphoric ester groups is 1. The topological polar surface area (TPSA) is 314 Å². The molecule has 358 valence electrons. The van der Waals surface area contributed by atoms with Crippen LogP contribution in [0.2, 0.25) is 0 Å². The Labute approximate surface area is 422 Å². The summed E-state index contributed by atoms with van der Waals surface area (Å²) in [5.74, 6) is -2.64. The van der Waals surface area contributed by atoms with Gasteiger partial charge in [-0.25, -0.2) is 13.5 Å². The molecule has 0 spiro atoms. The molecule has 0 aromatic heterocycles. The third kappa shape index (κ3) is 9.44. The van der Waals surface area contributed by atoms with Gasteiger partial charge in [-0.05, 0) is 124 Å². The first-order valence-corrected chi connectivity index (χ1v) is 24.7. The second kappa shape index (κ2) is 19.5. The number of ketones is 4. The standard InChI is InChI=1S/C22H29FO5.C21H31O8P.2Na.H3O4P.2H/c1-12-8-16-15-5-4-13-9-14(25)6-7-19(13,2)21(15,23)17(26)10-20(16,3)22(12,28)18(27)11-24;1-19-7-5-13(22)9-12(19)3-4-14-15-6-8-21(25,17(24)11-29-30(26,27)28)20(15,2)10-16(23)18(14)19;;;1-5(2,3)4;;/h6-7,9,12,15-17,24,26,28H,4-5,8,10-11H2,1-3H3;9,14-16,18,23,25H,3-8,10-11H2,1-2H3,(H2,26,27,28);;;(H3,1,2,3,4);;/t12-,15+,16+,17+,19+,20+,21+,22+;14-,15-,16-,18+,19-,20-,21-;;;;;/m10...../s1. The molecular weight excluding hydrogens is 915 g/mol. The van der Waals surface area contributed by atoms with Crippen molar-refractivity contribution in [2.24, 2.45) is 57.2 Å². The van der Waals surface area contributed by atoms with Crippen molar-refractivity contribution in [3.8, 4) is 0 Å². The van der Waals surface area contributed by atoms with Crippen LogP contribution in [0.5, 0.6) is 0 Å². The van der Waals surface area contributed by atoms with E-state index in [0.29, 0.717) is 44.1 Å². The summed E-state index contributed by atoms with van der Waals surface area (Å²) in [6.07, 6.45) is 9.23. The molecule has 0 heterocycles. The van der Waals surface area contributed by atoms with Gasteiger partial charge >= 0.3 is 74.8 Å². The Kier molecular flexibility index (Phi) is 17.2. The Morgan fingerprint density at radius 2 is 1.42 bits per heavy atom. The molecule has 8 aliphatic rings. The number of aliphatic hydroxyl groups excluding tert-OH is 3. The number of alkyl halides is 1. The summed E-state index contributed by atoms with van der Waals surface area (Å²) in [7, 11) is -9.47. The van der Waals surface area contributed by atoms with Crippen LogP contribution in [-0.4, -0.2) is 175 Å². The maximum absolute atomic E-state index is 16.9. The fourth-order valence-corrected chi connectivity index (χ4v) is 15.0. The molecule has 17 nitrogen and oxygen atoms in total. The van der Waals surface area contributed by atoms with E-state index >= 15 is 4.39 Å². The van der Waals surface area contributed by atoms with Gasteiger partial charge in [-0.1, -0.05) is 44.9 Å². The van der Waals surface area contributed by atoms with Gasteiger partial charge in [-0.3, -0.25) is 23.7 Å². The van der Waals surface area contributed by atoms with Crippen molar-refractivity contribution in [2.45, 2.75) is 134 Å². The predicted molar refractivity (Wildman–Crippen MR) is 235 cm³/mol. The summed E-state index contributed by atoms with van der Waals surface area (Å²) in [6.45, 7) is 7.57. The number of hydrogen-bond acceptors (Lipinski definition) is 12. The van der Waals surface area contributed by atoms with Crippen LogP contribution in [-0.2, 0) is 32.8 Å². The summed E-state index contributed by atoms with van der Waals surface area (Å²) in [5.41, 5.74) is -7.01. The molecule has 0 saturated heterocycles. The third-order valence-electron chi connectivity index (χ3n) is 17.7. The Hall–Kier alpha value is -0.150. The summed E-state index contributed by atoms with van der Waals surface area (Å²) >= 11 is 0. The molecular formula is C43H65FNa2O17P2. The average molecular weight is 981 g/mol. The van der Waals surface area contributed by atoms with Crippen molar-refractivity contribution < 1.29 is 87.2 Å². The summed E-state index contributed by atoms with van der Waals surface area (Å²) in [6, 6.07) is 0. The van der Waals surface area contributed by atoms with Crippen LogP contribution in [0.15, 0.2) is 35.5 Å². The molecule has 8 rings (SSSR count). The zero-order chi connectivity index (χ0) is 47.3. The van der Waals surface area contributed by atoms with Crippen LogP contribution in [0.3, 0.4) is 0 Å². The van der Waals surface area contributed by atoms with E-state index in [-0.39, 0.29) is 119 Å². The van der Waals surface area contributed by atoms with Crippen LogP contribution in [0.4, 0.5) is 4.39 Å². The molecule has 0 unspecified atom stereocenters. The molecule has 0 aromatic carbocycles. The first-order chi connectivity index (χ1) is 28.8. The number of carbonyl (C=O) groups is 4. The van der Waals surface area contributed by atoms with E-state index in [4.69, 9.17) is 29.0 Å². The number of allylic oxidation sites excluding steroid dienone is 5. The Bertz CT molecular complexity index is 2100. The van der Waals surface area contributed by atoms with Crippen LogP contribution in [0.1, 0.15) is 105 Å². The predicted octanol–water partition coefficient (Wildman–Crippen LogP) is 1.57. The first-order valence-electron chi connectivity index (χ1n) is 21.6. The number of phosphoric acid groups is 2. The van der Waals surface area contributed by atoms with Crippen molar-refractivity contribution in [2.75, 3.05) is 13.2 Å². The normalized spacial score (nSPS) is 44.7. The second-order valence-corrected chi connectivity index (χ2v) is 22.7. The van der Waals surface area contributed by atoms with Gasteiger partial charge in [0.25, 0.3) is 0 Å². The SMILES string of the molecule is C[C@@H]1C[C@H]2[C@@H]3CCC4=CC(=O)C=C[C@]4(C)[C@@]3(F)[C@@H](O)C[C@]2(C)[C@@]1(O)C(=O)CO.C[C@]12CCC(=O)C=C1CC[C@@H]1[C@@H]2[C@@H](O)C[C@@]2(C)[C@H]1CC[C@]2(O)C(=O)COP(=O)(O)O.O=P(O)(O)O.[NaH].[NaH]. The number of halogens is 1. The van der Waals surface area contributed by atoms with Gasteiger partial charge in [0.1, 0.15) is 24.4 Å². The number of Topliss-reactive ketones (excluding diaryl/α,β-unsaturated/α-hetero) is 2. The Morgan fingerprint density at radius 3 is 2.00 bits per heavy atom. The molecule has 0 radical (unpaired) electrons. The van der Waals surface area contributed by atoms with E-state index in [2.05, 4.69) is 11.4 Å². The molecule has 0 aromatic rings. The molecule has 0 aliphatic heterocycles. The van der Waals surface area contributed by atoms with E-state index in [0.717, 1.165) is 18.4 Å². The molecule has 22 heteroatoms. The fraction of sp³-hybridized carbons (Fsp3) is 0.767. The van der Waals surface area contributed by atoms with Crippen molar-refractivity contribution in [1.82, 2.24) is 0 Å². The second-order valence-electron chi connectivity index (χ2n) is 20.4. The maximum atomic E-state index is 16.9. The fourth-order valence-electron chi connectivity index (χ4n) is 14.7. The number of carbonyl (C=O) groups excluding carboxylic acids is 4. The summed E-state index contributed by atoms with van der Waals surface area (Å²) < 4.78 is 41.1. The van der Waals surface area contributed by atoms with Crippen LogP contribution >= 0.6 is 15.6 Å². The Morgan fingerprint density at radius 1 is 0.815 bits per heavy atom. The van der Waals surface area contributed by atoms with E-state index in [1.807, 2.05) is 6.92 Å². The zero-order valence-corrected chi connectivity index (χ0v) is 38.0. The van der Waals surface area contributed by atoms with Crippen molar-refractivity contribution in [3.63, 3.8) is 0 Å². The van der Waals surface area contributed by atoms with Gasteiger partial charge in [0, 0.05) is 28.6 Å². The number of aliphatic hydroxyl groups is 5. The quantitative estimate of drug-likeness (QED) is 0.133. The van der Waals surface area contributed by atoms with E-state index in [9.17, 15) is 49.3 Å². The Balaban J connectivity index is 0.000000251. The minimum absolute atomic E-state index is 0. The van der Waals surface area contributed by atoms with Crippen LogP contribution < -0.4 is 0 Å². The average Bonchev–Trinajstić information content (AvgIpc) is 3.56. The first kappa shape index (κ1) is 57.4. The zero-order valence-electron chi connectivity index (χ0n) is 36.2. The third-order valence-corrected chi connectivity index (χ3v) is 18.1. The molecule has 6 saturated carbocycles. The number of hydrogen-bond donors (Lipinski definition) is 10.